The monoisotopic (exact) mass is 292 g/mol. The van der Waals surface area contributed by atoms with Crippen molar-refractivity contribution in [1.82, 2.24) is 5.32 Å². The molecular weight excluding hydrogens is 268 g/mol. The number of anilines is 1. The first-order valence-electron chi connectivity index (χ1n) is 7.54. The molecule has 5 heteroatoms. The molecule has 1 fully saturated rings. The van der Waals surface area contributed by atoms with Crippen molar-refractivity contribution in [1.29, 1.82) is 0 Å². The molecule has 0 radical (unpaired) electrons. The number of carbonyl (C=O) groups excluding carboxylic acids is 1. The van der Waals surface area contributed by atoms with Crippen LogP contribution in [0.3, 0.4) is 0 Å². The van der Waals surface area contributed by atoms with Crippen molar-refractivity contribution in [2.75, 3.05) is 31.6 Å². The second kappa shape index (κ2) is 8.00. The van der Waals surface area contributed by atoms with Crippen molar-refractivity contribution < 1.29 is 14.3 Å². The highest BCUT2D eigenvalue weighted by Crippen LogP contribution is 2.25. The van der Waals surface area contributed by atoms with E-state index < -0.39 is 0 Å². The van der Waals surface area contributed by atoms with E-state index in [0.717, 1.165) is 31.5 Å². The molecule has 1 amide bonds. The number of aryl methyl sites for hydroxylation is 1. The molecule has 1 saturated heterocycles. The van der Waals surface area contributed by atoms with Crippen LogP contribution >= 0.6 is 0 Å². The Kier molecular flexibility index (Phi) is 6.02. The molecule has 21 heavy (non-hydrogen) atoms. The summed E-state index contributed by atoms with van der Waals surface area (Å²) in [5.74, 6) is 0.561. The van der Waals surface area contributed by atoms with E-state index in [-0.39, 0.29) is 18.6 Å². The summed E-state index contributed by atoms with van der Waals surface area (Å²) in [4.78, 5) is 12.0. The number of ether oxygens (including phenoxy) is 2. The number of rotatable bonds is 6. The fourth-order valence-corrected chi connectivity index (χ4v) is 2.35. The third-order valence-electron chi connectivity index (χ3n) is 3.45. The highest BCUT2D eigenvalue weighted by Gasteiger charge is 2.15. The third kappa shape index (κ3) is 5.02. The molecule has 0 saturated carbocycles. The minimum atomic E-state index is -0.140. The van der Waals surface area contributed by atoms with E-state index in [1.807, 2.05) is 32.0 Å². The molecule has 0 unspecified atom stereocenters. The van der Waals surface area contributed by atoms with Crippen molar-refractivity contribution in [3.8, 4) is 5.75 Å². The van der Waals surface area contributed by atoms with Crippen molar-refractivity contribution >= 4 is 11.6 Å². The van der Waals surface area contributed by atoms with Crippen LogP contribution in [0.4, 0.5) is 5.69 Å². The van der Waals surface area contributed by atoms with Crippen LogP contribution in [0.15, 0.2) is 18.2 Å². The molecule has 1 heterocycles. The van der Waals surface area contributed by atoms with Crippen LogP contribution in [0.25, 0.3) is 0 Å². The predicted octanol–water partition coefficient (Wildman–Crippen LogP) is 2.10. The lowest BCUT2D eigenvalue weighted by molar-refractivity contribution is -0.123. The van der Waals surface area contributed by atoms with E-state index in [1.165, 1.54) is 0 Å². The summed E-state index contributed by atoms with van der Waals surface area (Å²) in [5.41, 5.74) is 1.80. The average Bonchev–Trinajstić information content (AvgIpc) is 2.49. The molecule has 0 aromatic heterocycles. The van der Waals surface area contributed by atoms with Gasteiger partial charge in [-0.25, -0.2) is 0 Å². The molecule has 5 nitrogen and oxygen atoms in total. The van der Waals surface area contributed by atoms with Crippen LogP contribution in [-0.4, -0.2) is 38.3 Å². The van der Waals surface area contributed by atoms with Crippen molar-refractivity contribution in [3.05, 3.63) is 23.8 Å². The first kappa shape index (κ1) is 15.8. The van der Waals surface area contributed by atoms with Gasteiger partial charge in [0.25, 0.3) is 0 Å². The van der Waals surface area contributed by atoms with Crippen molar-refractivity contribution in [2.24, 2.45) is 0 Å². The number of amides is 1. The average molecular weight is 292 g/mol. The molecule has 1 aromatic rings. The van der Waals surface area contributed by atoms with Crippen molar-refractivity contribution in [3.63, 3.8) is 0 Å². The Bertz CT molecular complexity index is 471. The smallest absolute Gasteiger partial charge is 0.250 e. The van der Waals surface area contributed by atoms with Crippen LogP contribution in [0.5, 0.6) is 5.75 Å². The van der Waals surface area contributed by atoms with Gasteiger partial charge in [0.2, 0.25) is 5.91 Å². The topological polar surface area (TPSA) is 59.6 Å². The van der Waals surface area contributed by atoms with E-state index >= 15 is 0 Å². The second-order valence-electron chi connectivity index (χ2n) is 5.24. The fraction of sp³-hybridized carbons (Fsp3) is 0.562. The molecule has 0 aliphatic carbocycles. The van der Waals surface area contributed by atoms with Crippen LogP contribution < -0.4 is 15.4 Å². The lowest BCUT2D eigenvalue weighted by Crippen LogP contribution is -2.34. The van der Waals surface area contributed by atoms with E-state index in [9.17, 15) is 4.79 Å². The number of hydrogen-bond acceptors (Lipinski definition) is 4. The molecule has 2 N–H and O–H groups in total. The summed E-state index contributed by atoms with van der Waals surface area (Å²) >= 11 is 0. The molecule has 1 aliphatic rings. The van der Waals surface area contributed by atoms with Gasteiger partial charge in [-0.3, -0.25) is 4.79 Å². The quantitative estimate of drug-likeness (QED) is 0.843. The first-order valence-corrected chi connectivity index (χ1v) is 7.54. The molecule has 116 valence electrons. The van der Waals surface area contributed by atoms with Crippen LogP contribution in [-0.2, 0) is 9.53 Å². The second-order valence-corrected chi connectivity index (χ2v) is 5.24. The summed E-state index contributed by atoms with van der Waals surface area (Å²) < 4.78 is 11.2. The fourth-order valence-electron chi connectivity index (χ4n) is 2.35. The molecular formula is C16H24N2O3. The Morgan fingerprint density at radius 3 is 2.86 bits per heavy atom. The van der Waals surface area contributed by atoms with Gasteiger partial charge in [0.05, 0.1) is 18.4 Å². The van der Waals surface area contributed by atoms with Crippen molar-refractivity contribution in [2.45, 2.75) is 32.8 Å². The maximum atomic E-state index is 12.0. The van der Waals surface area contributed by atoms with Gasteiger partial charge < -0.3 is 20.1 Å². The Hall–Kier alpha value is -1.59. The number of piperidine rings is 1. The maximum Gasteiger partial charge on any atom is 0.250 e. The Morgan fingerprint density at radius 1 is 1.38 bits per heavy atom. The number of nitrogens with one attached hydrogen (secondary N) is 2. The highest BCUT2D eigenvalue weighted by molar-refractivity contribution is 5.93. The van der Waals surface area contributed by atoms with Crippen LogP contribution in [0.1, 0.15) is 25.3 Å². The van der Waals surface area contributed by atoms with Gasteiger partial charge >= 0.3 is 0 Å². The molecule has 1 aromatic carbocycles. The zero-order valence-electron chi connectivity index (χ0n) is 12.8. The lowest BCUT2D eigenvalue weighted by atomic mass is 10.1. The zero-order chi connectivity index (χ0) is 15.1. The van der Waals surface area contributed by atoms with Crippen LogP contribution in [0.2, 0.25) is 0 Å². The van der Waals surface area contributed by atoms with E-state index in [4.69, 9.17) is 9.47 Å². The SMILES string of the molecule is CCOc1cc(C)ccc1NC(=O)COC1CCNCC1. The maximum absolute atomic E-state index is 12.0. The first-order chi connectivity index (χ1) is 10.2. The van der Waals surface area contributed by atoms with Gasteiger partial charge in [-0.1, -0.05) is 6.07 Å². The normalized spacial score (nSPS) is 15.7. The Balaban J connectivity index is 1.86. The Labute approximate surface area is 126 Å². The van der Waals surface area contributed by atoms with Gasteiger partial charge in [0, 0.05) is 0 Å². The standard InChI is InChI=1S/C16H24N2O3/c1-3-20-15-10-12(2)4-5-14(15)18-16(19)11-21-13-6-8-17-9-7-13/h4-5,10,13,17H,3,6-9,11H2,1-2H3,(H,18,19). The number of benzene rings is 1. The van der Waals surface area contributed by atoms with Gasteiger partial charge in [-0.2, -0.15) is 0 Å². The molecule has 0 atom stereocenters. The largest absolute Gasteiger partial charge is 0.492 e. The van der Waals surface area contributed by atoms with Gasteiger partial charge in [-0.15, -0.1) is 0 Å². The van der Waals surface area contributed by atoms with Crippen LogP contribution in [0, 0.1) is 6.92 Å². The number of carbonyl (C=O) groups is 1. The van der Waals surface area contributed by atoms with Gasteiger partial charge in [0.1, 0.15) is 12.4 Å². The minimum absolute atomic E-state index is 0.0874. The minimum Gasteiger partial charge on any atom is -0.492 e. The van der Waals surface area contributed by atoms with E-state index in [0.29, 0.717) is 18.0 Å². The molecule has 1 aliphatic heterocycles. The van der Waals surface area contributed by atoms with Gasteiger partial charge in [0.15, 0.2) is 0 Å². The molecule has 0 spiro atoms. The summed E-state index contributed by atoms with van der Waals surface area (Å²) in [6.45, 7) is 6.49. The highest BCUT2D eigenvalue weighted by atomic mass is 16.5. The third-order valence-corrected chi connectivity index (χ3v) is 3.45. The van der Waals surface area contributed by atoms with Gasteiger partial charge in [-0.05, 0) is 57.5 Å². The summed E-state index contributed by atoms with van der Waals surface area (Å²) in [5, 5.41) is 6.13. The summed E-state index contributed by atoms with van der Waals surface area (Å²) in [6.07, 6.45) is 2.10. The lowest BCUT2D eigenvalue weighted by Gasteiger charge is -2.22. The zero-order valence-corrected chi connectivity index (χ0v) is 12.8. The number of hydrogen-bond donors (Lipinski definition) is 2. The van der Waals surface area contributed by atoms with E-state index in [1.54, 1.807) is 0 Å². The summed E-state index contributed by atoms with van der Waals surface area (Å²) in [7, 11) is 0. The summed E-state index contributed by atoms with van der Waals surface area (Å²) in [6, 6.07) is 5.74. The Morgan fingerprint density at radius 2 is 2.14 bits per heavy atom. The molecule has 2 rings (SSSR count). The molecule has 0 bridgehead atoms. The van der Waals surface area contributed by atoms with E-state index in [2.05, 4.69) is 10.6 Å². The predicted molar refractivity (Wildman–Crippen MR) is 82.8 cm³/mol.